The Bertz CT molecular complexity index is 368. The number of rotatable bonds is 8. The molecule has 0 saturated heterocycles. The molecule has 1 aromatic heterocycles. The summed E-state index contributed by atoms with van der Waals surface area (Å²) in [6.07, 6.45) is 5.19. The second kappa shape index (κ2) is 8.43. The minimum atomic E-state index is 0.492. The van der Waals surface area contributed by atoms with Gasteiger partial charge in [0.1, 0.15) is 5.82 Å². The van der Waals surface area contributed by atoms with Crippen molar-refractivity contribution in [2.75, 3.05) is 24.0 Å². The Morgan fingerprint density at radius 2 is 2.16 bits per heavy atom. The Morgan fingerprint density at radius 3 is 2.74 bits per heavy atom. The van der Waals surface area contributed by atoms with Crippen LogP contribution in [0.2, 0.25) is 0 Å². The molecule has 1 atom stereocenters. The molecule has 1 heterocycles. The molecule has 0 saturated carbocycles. The van der Waals surface area contributed by atoms with Gasteiger partial charge in [0.25, 0.3) is 0 Å². The first-order chi connectivity index (χ1) is 9.10. The molecule has 0 amide bonds. The van der Waals surface area contributed by atoms with Gasteiger partial charge in [0.2, 0.25) is 0 Å². The van der Waals surface area contributed by atoms with E-state index in [1.807, 2.05) is 24.0 Å². The third-order valence-corrected chi connectivity index (χ3v) is 4.00. The largest absolute Gasteiger partial charge is 0.356 e. The van der Waals surface area contributed by atoms with Crippen molar-refractivity contribution >= 4 is 17.6 Å². The maximum absolute atomic E-state index is 4.58. The zero-order chi connectivity index (χ0) is 14.3. The topological polar surface area (TPSA) is 28.2 Å². The first-order valence-corrected chi connectivity index (χ1v) is 8.38. The fourth-order valence-corrected chi connectivity index (χ4v) is 2.91. The standard InChI is InChI=1S/C15H27N3S/c1-6-14(11-19-5)18(4)15-13(8-7-9-16-15)10-17-12(2)3/h7-9,12,14,17H,6,10-11H2,1-5H3. The van der Waals surface area contributed by atoms with Gasteiger partial charge >= 0.3 is 0 Å². The summed E-state index contributed by atoms with van der Waals surface area (Å²) < 4.78 is 0. The molecule has 108 valence electrons. The van der Waals surface area contributed by atoms with E-state index in [1.54, 1.807) is 0 Å². The fourth-order valence-electron chi connectivity index (χ4n) is 2.07. The molecule has 1 N–H and O–H groups in total. The van der Waals surface area contributed by atoms with Crippen LogP contribution in [-0.2, 0) is 6.54 Å². The molecule has 0 aromatic carbocycles. The van der Waals surface area contributed by atoms with Crippen molar-refractivity contribution in [3.05, 3.63) is 23.9 Å². The molecule has 0 bridgehead atoms. The van der Waals surface area contributed by atoms with Gasteiger partial charge in [-0.05, 0) is 18.7 Å². The average molecular weight is 281 g/mol. The molecular weight excluding hydrogens is 254 g/mol. The Kier molecular flexibility index (Phi) is 7.24. The van der Waals surface area contributed by atoms with Crippen molar-refractivity contribution < 1.29 is 0 Å². The summed E-state index contributed by atoms with van der Waals surface area (Å²) in [5.74, 6) is 2.25. The molecule has 0 fully saturated rings. The number of nitrogens with one attached hydrogen (secondary N) is 1. The van der Waals surface area contributed by atoms with Crippen LogP contribution in [0.1, 0.15) is 32.8 Å². The number of pyridine rings is 1. The minimum Gasteiger partial charge on any atom is -0.356 e. The maximum Gasteiger partial charge on any atom is 0.133 e. The number of anilines is 1. The molecule has 3 nitrogen and oxygen atoms in total. The predicted octanol–water partition coefficient (Wildman–Crippen LogP) is 3.16. The molecule has 19 heavy (non-hydrogen) atoms. The Balaban J connectivity index is 2.85. The van der Waals surface area contributed by atoms with Gasteiger partial charge in [-0.2, -0.15) is 11.8 Å². The van der Waals surface area contributed by atoms with Gasteiger partial charge in [-0.25, -0.2) is 4.98 Å². The van der Waals surface area contributed by atoms with Crippen LogP contribution in [0, 0.1) is 0 Å². The van der Waals surface area contributed by atoms with E-state index in [4.69, 9.17) is 0 Å². The van der Waals surface area contributed by atoms with Crippen LogP contribution in [0.15, 0.2) is 18.3 Å². The smallest absolute Gasteiger partial charge is 0.133 e. The summed E-state index contributed by atoms with van der Waals surface area (Å²) >= 11 is 1.90. The first kappa shape index (κ1) is 16.3. The SMILES string of the molecule is CCC(CSC)N(C)c1ncccc1CNC(C)C. The lowest BCUT2D eigenvalue weighted by molar-refractivity contribution is 0.584. The van der Waals surface area contributed by atoms with Crippen LogP contribution >= 0.6 is 11.8 Å². The maximum atomic E-state index is 4.58. The molecule has 0 aliphatic rings. The van der Waals surface area contributed by atoms with Gasteiger partial charge in [-0.3, -0.25) is 0 Å². The third-order valence-electron chi connectivity index (χ3n) is 3.28. The highest BCUT2D eigenvalue weighted by atomic mass is 32.2. The average Bonchev–Trinajstić information content (AvgIpc) is 2.42. The molecule has 0 aliphatic heterocycles. The Morgan fingerprint density at radius 1 is 1.42 bits per heavy atom. The van der Waals surface area contributed by atoms with Gasteiger partial charge in [0, 0.05) is 43.2 Å². The van der Waals surface area contributed by atoms with E-state index < -0.39 is 0 Å². The van der Waals surface area contributed by atoms with Crippen LogP contribution in [0.5, 0.6) is 0 Å². The van der Waals surface area contributed by atoms with E-state index in [1.165, 1.54) is 5.56 Å². The van der Waals surface area contributed by atoms with E-state index in [0.717, 1.165) is 24.5 Å². The molecule has 4 heteroatoms. The second-order valence-electron chi connectivity index (χ2n) is 5.15. The van der Waals surface area contributed by atoms with E-state index in [-0.39, 0.29) is 0 Å². The van der Waals surface area contributed by atoms with Crippen LogP contribution in [0.3, 0.4) is 0 Å². The summed E-state index contributed by atoms with van der Waals surface area (Å²) in [6, 6.07) is 5.22. The van der Waals surface area contributed by atoms with E-state index in [9.17, 15) is 0 Å². The second-order valence-corrected chi connectivity index (χ2v) is 6.06. The van der Waals surface area contributed by atoms with Crippen molar-refractivity contribution in [1.29, 1.82) is 0 Å². The van der Waals surface area contributed by atoms with Crippen molar-refractivity contribution in [1.82, 2.24) is 10.3 Å². The van der Waals surface area contributed by atoms with Crippen LogP contribution in [0.25, 0.3) is 0 Å². The van der Waals surface area contributed by atoms with E-state index >= 15 is 0 Å². The molecular formula is C15H27N3S. The molecule has 0 radical (unpaired) electrons. The Labute approximate surface area is 122 Å². The van der Waals surface area contributed by atoms with Crippen molar-refractivity contribution in [3.8, 4) is 0 Å². The van der Waals surface area contributed by atoms with E-state index in [2.05, 4.69) is 55.3 Å². The predicted molar refractivity (Wildman–Crippen MR) is 87.1 cm³/mol. The van der Waals surface area contributed by atoms with Gasteiger partial charge in [0.15, 0.2) is 0 Å². The lowest BCUT2D eigenvalue weighted by Crippen LogP contribution is -2.35. The minimum absolute atomic E-state index is 0.492. The monoisotopic (exact) mass is 281 g/mol. The Hall–Kier alpha value is -0.740. The number of thioether (sulfide) groups is 1. The molecule has 1 unspecified atom stereocenters. The van der Waals surface area contributed by atoms with Crippen molar-refractivity contribution in [2.24, 2.45) is 0 Å². The number of hydrogen-bond acceptors (Lipinski definition) is 4. The quantitative estimate of drug-likeness (QED) is 0.792. The molecule has 0 aliphatic carbocycles. The normalized spacial score (nSPS) is 12.7. The fraction of sp³-hybridized carbons (Fsp3) is 0.667. The number of aromatic nitrogens is 1. The summed E-state index contributed by atoms with van der Waals surface area (Å²) in [6.45, 7) is 7.46. The van der Waals surface area contributed by atoms with E-state index in [0.29, 0.717) is 12.1 Å². The van der Waals surface area contributed by atoms with Gasteiger partial charge in [-0.1, -0.05) is 26.8 Å². The molecule has 1 aromatic rings. The summed E-state index contributed by atoms with van der Waals surface area (Å²) in [5, 5.41) is 3.47. The highest BCUT2D eigenvalue weighted by molar-refractivity contribution is 7.98. The molecule has 1 rings (SSSR count). The van der Waals surface area contributed by atoms with Crippen LogP contribution in [-0.4, -0.2) is 36.1 Å². The first-order valence-electron chi connectivity index (χ1n) is 6.99. The highest BCUT2D eigenvalue weighted by Crippen LogP contribution is 2.20. The van der Waals surface area contributed by atoms with Crippen molar-refractivity contribution in [2.45, 2.75) is 45.8 Å². The highest BCUT2D eigenvalue weighted by Gasteiger charge is 2.16. The molecule has 0 spiro atoms. The third kappa shape index (κ3) is 5.03. The van der Waals surface area contributed by atoms with Gasteiger partial charge in [-0.15, -0.1) is 0 Å². The summed E-state index contributed by atoms with van der Waals surface area (Å²) in [7, 11) is 2.16. The zero-order valence-electron chi connectivity index (χ0n) is 12.8. The lowest BCUT2D eigenvalue weighted by atomic mass is 10.2. The zero-order valence-corrected chi connectivity index (χ0v) is 13.6. The van der Waals surface area contributed by atoms with Crippen LogP contribution in [0.4, 0.5) is 5.82 Å². The van der Waals surface area contributed by atoms with Gasteiger partial charge < -0.3 is 10.2 Å². The summed E-state index contributed by atoms with van der Waals surface area (Å²) in [4.78, 5) is 6.91. The number of nitrogens with zero attached hydrogens (tertiary/aromatic N) is 2. The van der Waals surface area contributed by atoms with Crippen LogP contribution < -0.4 is 10.2 Å². The number of hydrogen-bond donors (Lipinski definition) is 1. The summed E-state index contributed by atoms with van der Waals surface area (Å²) in [5.41, 5.74) is 1.28. The lowest BCUT2D eigenvalue weighted by Gasteiger charge is -2.29. The van der Waals surface area contributed by atoms with Gasteiger partial charge in [0.05, 0.1) is 0 Å². The van der Waals surface area contributed by atoms with Crippen molar-refractivity contribution in [3.63, 3.8) is 0 Å².